The van der Waals surface area contributed by atoms with E-state index in [2.05, 4.69) is 33.3 Å². The van der Waals surface area contributed by atoms with E-state index >= 15 is 0 Å². The fraction of sp³-hybridized carbons (Fsp3) is 0.286. The van der Waals surface area contributed by atoms with Crippen molar-refractivity contribution in [1.82, 2.24) is 14.7 Å². The summed E-state index contributed by atoms with van der Waals surface area (Å²) < 4.78 is 2.88. The first kappa shape index (κ1) is 16.3. The van der Waals surface area contributed by atoms with Crippen molar-refractivity contribution in [3.05, 3.63) is 45.7 Å². The number of hydrogen-bond acceptors (Lipinski definition) is 2. The summed E-state index contributed by atoms with van der Waals surface area (Å²) in [5, 5.41) is 8.95. The van der Waals surface area contributed by atoms with Crippen LogP contribution < -0.4 is 5.32 Å². The van der Waals surface area contributed by atoms with Gasteiger partial charge in [0.05, 0.1) is 16.7 Å². The van der Waals surface area contributed by atoms with Crippen LogP contribution in [0.3, 0.4) is 0 Å². The van der Waals surface area contributed by atoms with Gasteiger partial charge in [-0.3, -0.25) is 4.68 Å². The molecule has 0 saturated heterocycles. The maximum absolute atomic E-state index is 5.96. The van der Waals surface area contributed by atoms with Gasteiger partial charge in [0.15, 0.2) is 5.11 Å². The summed E-state index contributed by atoms with van der Waals surface area (Å²) in [6.45, 7) is 3.52. The summed E-state index contributed by atoms with van der Waals surface area (Å²) in [7, 11) is 1.93. The summed E-state index contributed by atoms with van der Waals surface area (Å²) in [6.07, 6.45) is 1.97. The van der Waals surface area contributed by atoms with Gasteiger partial charge >= 0.3 is 0 Å². The summed E-state index contributed by atoms with van der Waals surface area (Å²) in [5.41, 5.74) is 1.83. The SMILES string of the molecule is CCn1cc(Br)c(CN(C)C(=S)Nc2cccc(Cl)c2)n1. The van der Waals surface area contributed by atoms with Gasteiger partial charge in [-0.2, -0.15) is 5.10 Å². The molecular weight excluding hydrogens is 372 g/mol. The van der Waals surface area contributed by atoms with E-state index in [1.165, 1.54) is 0 Å². The Morgan fingerprint density at radius 1 is 1.52 bits per heavy atom. The van der Waals surface area contributed by atoms with E-state index in [-0.39, 0.29) is 0 Å². The highest BCUT2D eigenvalue weighted by molar-refractivity contribution is 9.10. The number of aromatic nitrogens is 2. The second-order valence-electron chi connectivity index (χ2n) is 4.58. The largest absolute Gasteiger partial charge is 0.346 e. The number of aryl methyl sites for hydroxylation is 1. The van der Waals surface area contributed by atoms with Crippen LogP contribution in [0.5, 0.6) is 0 Å². The zero-order valence-corrected chi connectivity index (χ0v) is 15.0. The lowest BCUT2D eigenvalue weighted by Gasteiger charge is -2.20. The molecule has 2 aromatic rings. The van der Waals surface area contributed by atoms with Gasteiger partial charge in [0, 0.05) is 30.5 Å². The number of hydrogen-bond donors (Lipinski definition) is 1. The summed E-state index contributed by atoms with van der Waals surface area (Å²) >= 11 is 14.9. The highest BCUT2D eigenvalue weighted by Crippen LogP contribution is 2.18. The normalized spacial score (nSPS) is 10.5. The summed E-state index contributed by atoms with van der Waals surface area (Å²) in [6, 6.07) is 7.47. The highest BCUT2D eigenvalue weighted by Gasteiger charge is 2.11. The molecule has 0 fully saturated rings. The molecule has 1 aromatic carbocycles. The molecule has 1 aromatic heterocycles. The van der Waals surface area contributed by atoms with Gasteiger partial charge in [0.2, 0.25) is 0 Å². The molecule has 0 aliphatic heterocycles. The lowest BCUT2D eigenvalue weighted by Crippen LogP contribution is -2.30. The van der Waals surface area contributed by atoms with Crippen LogP contribution in [-0.4, -0.2) is 26.8 Å². The minimum Gasteiger partial charge on any atom is -0.346 e. The van der Waals surface area contributed by atoms with Crippen molar-refractivity contribution in [2.45, 2.75) is 20.0 Å². The second-order valence-corrected chi connectivity index (χ2v) is 6.25. The van der Waals surface area contributed by atoms with E-state index in [0.29, 0.717) is 16.7 Å². The lowest BCUT2D eigenvalue weighted by atomic mass is 10.3. The maximum Gasteiger partial charge on any atom is 0.173 e. The predicted molar refractivity (Wildman–Crippen MR) is 94.7 cm³/mol. The number of nitrogens with zero attached hydrogens (tertiary/aromatic N) is 3. The third-order valence-electron chi connectivity index (χ3n) is 2.92. The third kappa shape index (κ3) is 4.43. The van der Waals surface area contributed by atoms with Gasteiger partial charge < -0.3 is 10.2 Å². The van der Waals surface area contributed by atoms with E-state index < -0.39 is 0 Å². The second kappa shape index (κ2) is 7.24. The number of rotatable bonds is 4. The van der Waals surface area contributed by atoms with Crippen LogP contribution in [0, 0.1) is 0 Å². The quantitative estimate of drug-likeness (QED) is 0.799. The van der Waals surface area contributed by atoms with Crippen molar-refractivity contribution in [3.63, 3.8) is 0 Å². The van der Waals surface area contributed by atoms with Gasteiger partial charge in [-0.15, -0.1) is 0 Å². The van der Waals surface area contributed by atoms with E-state index in [9.17, 15) is 0 Å². The van der Waals surface area contributed by atoms with Crippen molar-refractivity contribution < 1.29 is 0 Å². The minimum atomic E-state index is 0.621. The zero-order chi connectivity index (χ0) is 15.4. The van der Waals surface area contributed by atoms with Crippen LogP contribution in [0.25, 0.3) is 0 Å². The van der Waals surface area contributed by atoms with Gasteiger partial charge in [0.25, 0.3) is 0 Å². The van der Waals surface area contributed by atoms with Crippen molar-refractivity contribution >= 4 is 50.5 Å². The first-order valence-electron chi connectivity index (χ1n) is 6.49. The Morgan fingerprint density at radius 3 is 2.90 bits per heavy atom. The van der Waals surface area contributed by atoms with E-state index in [4.69, 9.17) is 23.8 Å². The smallest absolute Gasteiger partial charge is 0.173 e. The Kier molecular flexibility index (Phi) is 5.61. The average molecular weight is 388 g/mol. The monoisotopic (exact) mass is 386 g/mol. The first-order chi connectivity index (χ1) is 9.99. The lowest BCUT2D eigenvalue weighted by molar-refractivity contribution is 0.491. The Hall–Kier alpha value is -1.11. The van der Waals surface area contributed by atoms with Gasteiger partial charge in [-0.05, 0) is 53.3 Å². The van der Waals surface area contributed by atoms with Crippen LogP contribution in [0.15, 0.2) is 34.9 Å². The van der Waals surface area contributed by atoms with Crippen LogP contribution in [0.2, 0.25) is 5.02 Å². The topological polar surface area (TPSA) is 33.1 Å². The molecule has 0 atom stereocenters. The van der Waals surface area contributed by atoms with Crippen molar-refractivity contribution in [1.29, 1.82) is 0 Å². The van der Waals surface area contributed by atoms with E-state index in [1.807, 2.05) is 47.1 Å². The predicted octanol–water partition coefficient (Wildman–Crippen LogP) is 4.15. The first-order valence-corrected chi connectivity index (χ1v) is 8.07. The molecule has 0 aliphatic rings. The van der Waals surface area contributed by atoms with E-state index in [0.717, 1.165) is 22.4 Å². The maximum atomic E-state index is 5.96. The molecule has 0 radical (unpaired) electrons. The molecule has 0 aliphatic carbocycles. The number of benzene rings is 1. The van der Waals surface area contributed by atoms with Crippen LogP contribution >= 0.6 is 39.7 Å². The molecular formula is C14H16BrClN4S. The van der Waals surface area contributed by atoms with Crippen molar-refractivity contribution in [2.75, 3.05) is 12.4 Å². The molecule has 0 bridgehead atoms. The molecule has 2 rings (SSSR count). The van der Waals surface area contributed by atoms with Crippen LogP contribution in [0.1, 0.15) is 12.6 Å². The summed E-state index contributed by atoms with van der Waals surface area (Å²) in [5.74, 6) is 0. The number of thiocarbonyl (C=S) groups is 1. The van der Waals surface area contributed by atoms with Crippen molar-refractivity contribution in [3.8, 4) is 0 Å². The average Bonchev–Trinajstić information content (AvgIpc) is 2.79. The Bertz CT molecular complexity index is 644. The highest BCUT2D eigenvalue weighted by atomic mass is 79.9. The van der Waals surface area contributed by atoms with Crippen molar-refractivity contribution in [2.24, 2.45) is 0 Å². The van der Waals surface area contributed by atoms with Gasteiger partial charge in [-0.1, -0.05) is 17.7 Å². The molecule has 1 N–H and O–H groups in total. The minimum absolute atomic E-state index is 0.621. The Labute approximate surface area is 143 Å². The molecule has 21 heavy (non-hydrogen) atoms. The summed E-state index contributed by atoms with van der Waals surface area (Å²) in [4.78, 5) is 1.93. The molecule has 0 spiro atoms. The molecule has 0 saturated carbocycles. The Balaban J connectivity index is 2.00. The Morgan fingerprint density at radius 2 is 2.29 bits per heavy atom. The fourth-order valence-electron chi connectivity index (χ4n) is 1.79. The standard InChI is InChI=1S/C14H16BrClN4S/c1-3-20-8-12(15)13(18-20)9-19(2)14(21)17-11-6-4-5-10(16)7-11/h4-8H,3,9H2,1-2H3,(H,17,21). The number of nitrogens with one attached hydrogen (secondary N) is 1. The molecule has 7 heteroatoms. The van der Waals surface area contributed by atoms with E-state index in [1.54, 1.807) is 0 Å². The molecule has 4 nitrogen and oxygen atoms in total. The van der Waals surface area contributed by atoms with Gasteiger partial charge in [0.1, 0.15) is 0 Å². The zero-order valence-electron chi connectivity index (χ0n) is 11.8. The van der Waals surface area contributed by atoms with Crippen LogP contribution in [0.4, 0.5) is 5.69 Å². The third-order valence-corrected chi connectivity index (χ3v) is 4.23. The number of anilines is 1. The van der Waals surface area contributed by atoms with Crippen LogP contribution in [-0.2, 0) is 13.1 Å². The number of halogens is 2. The van der Waals surface area contributed by atoms with Gasteiger partial charge in [-0.25, -0.2) is 0 Å². The molecule has 1 heterocycles. The molecule has 112 valence electrons. The fourth-order valence-corrected chi connectivity index (χ4v) is 2.60. The molecule has 0 unspecified atom stereocenters. The molecule has 0 amide bonds.